The van der Waals surface area contributed by atoms with Crippen LogP contribution in [0.25, 0.3) is 32.9 Å². The monoisotopic (exact) mass is 406 g/mol. The Morgan fingerprint density at radius 1 is 1.10 bits per heavy atom. The van der Waals surface area contributed by atoms with Crippen molar-refractivity contribution in [2.24, 2.45) is 0 Å². The molecule has 4 nitrogen and oxygen atoms in total. The van der Waals surface area contributed by atoms with E-state index in [2.05, 4.69) is 65.3 Å². The van der Waals surface area contributed by atoms with Crippen LogP contribution in [0.1, 0.15) is 65.4 Å². The molecule has 8 rings (SSSR count). The number of carbonyl (C=O) groups excluding carboxylic acids is 1. The van der Waals surface area contributed by atoms with Crippen LogP contribution in [0.2, 0.25) is 0 Å². The smallest absolute Gasteiger partial charge is 0.252 e. The minimum atomic E-state index is -0.277. The molecule has 3 aliphatic heterocycles. The van der Waals surface area contributed by atoms with Crippen LogP contribution in [0.4, 0.5) is 0 Å². The molecule has 4 aliphatic rings. The normalized spacial score (nSPS) is 27.3. The van der Waals surface area contributed by atoms with Crippen molar-refractivity contribution in [3.63, 3.8) is 0 Å². The summed E-state index contributed by atoms with van der Waals surface area (Å²) in [6.45, 7) is 2.89. The highest BCUT2D eigenvalue weighted by Gasteiger charge is 2.52. The van der Waals surface area contributed by atoms with Gasteiger partial charge in [0.25, 0.3) is 5.91 Å². The second-order valence-corrected chi connectivity index (χ2v) is 9.73. The van der Waals surface area contributed by atoms with Crippen LogP contribution in [0.3, 0.4) is 0 Å². The van der Waals surface area contributed by atoms with Crippen molar-refractivity contribution in [1.82, 2.24) is 9.88 Å². The highest BCUT2D eigenvalue weighted by atomic mass is 16.5. The number of ether oxygens (including phenoxy) is 1. The van der Waals surface area contributed by atoms with E-state index in [-0.39, 0.29) is 23.7 Å². The summed E-state index contributed by atoms with van der Waals surface area (Å²) in [6.07, 6.45) is 3.25. The summed E-state index contributed by atoms with van der Waals surface area (Å²) in [5.41, 5.74) is 9.28. The quantitative estimate of drug-likeness (QED) is 0.412. The van der Waals surface area contributed by atoms with Crippen LogP contribution in [0.5, 0.6) is 0 Å². The third-order valence-corrected chi connectivity index (χ3v) is 8.20. The lowest BCUT2D eigenvalue weighted by Gasteiger charge is -2.41. The topological polar surface area (TPSA) is 43.3 Å². The van der Waals surface area contributed by atoms with Gasteiger partial charge >= 0.3 is 0 Å². The van der Waals surface area contributed by atoms with E-state index in [1.54, 1.807) is 0 Å². The fraction of sp³-hybridized carbons (Fsp3) is 0.296. The number of hydrogen-bond donors (Lipinski definition) is 1. The molecule has 1 amide bonds. The van der Waals surface area contributed by atoms with Gasteiger partial charge in [-0.3, -0.25) is 4.79 Å². The van der Waals surface area contributed by atoms with Gasteiger partial charge in [0, 0.05) is 28.8 Å². The van der Waals surface area contributed by atoms with E-state index in [0.29, 0.717) is 6.54 Å². The molecule has 31 heavy (non-hydrogen) atoms. The standard InChI is InChI=1S/C27H22N2O2/c1-27-12-6-11-19(31-27)29-18-10-5-4-9-16(18)20-17-13-28-26(30)22(17)21-14-7-2-3-8-15(14)24(27)23(21)25(20)29/h2-5,7-10,19,24H,6,11-13H2,1H3,(H,28,30). The van der Waals surface area contributed by atoms with Gasteiger partial charge < -0.3 is 14.6 Å². The fourth-order valence-corrected chi connectivity index (χ4v) is 7.12. The molecule has 1 N–H and O–H groups in total. The summed E-state index contributed by atoms with van der Waals surface area (Å²) in [5.74, 6) is 0.210. The lowest BCUT2D eigenvalue weighted by molar-refractivity contribution is -0.150. The van der Waals surface area contributed by atoms with Gasteiger partial charge in [-0.2, -0.15) is 0 Å². The molecule has 4 heterocycles. The maximum atomic E-state index is 13.2. The van der Waals surface area contributed by atoms with Crippen LogP contribution in [-0.2, 0) is 11.3 Å². The fourth-order valence-electron chi connectivity index (χ4n) is 7.12. The van der Waals surface area contributed by atoms with Crippen LogP contribution >= 0.6 is 0 Å². The highest BCUT2D eigenvalue weighted by molar-refractivity contribution is 6.20. The summed E-state index contributed by atoms with van der Waals surface area (Å²) in [4.78, 5) is 13.2. The molecule has 3 unspecified atom stereocenters. The Bertz CT molecular complexity index is 1500. The third kappa shape index (κ3) is 1.74. The first kappa shape index (κ1) is 16.6. The average molecular weight is 406 g/mol. The second kappa shape index (κ2) is 5.20. The molecular formula is C27H22N2O2. The third-order valence-electron chi connectivity index (χ3n) is 8.20. The molecule has 0 spiro atoms. The van der Waals surface area contributed by atoms with E-state index in [0.717, 1.165) is 36.0 Å². The van der Waals surface area contributed by atoms with E-state index >= 15 is 0 Å². The predicted molar refractivity (Wildman–Crippen MR) is 120 cm³/mol. The van der Waals surface area contributed by atoms with Gasteiger partial charge in [0.05, 0.1) is 22.2 Å². The average Bonchev–Trinajstić information content (AvgIpc) is 3.41. The molecule has 1 aliphatic carbocycles. The Morgan fingerprint density at radius 3 is 2.87 bits per heavy atom. The summed E-state index contributed by atoms with van der Waals surface area (Å²) in [7, 11) is 0. The molecular weight excluding hydrogens is 384 g/mol. The number of nitrogens with zero attached hydrogens (tertiary/aromatic N) is 1. The number of nitrogens with one attached hydrogen (secondary N) is 1. The van der Waals surface area contributed by atoms with E-state index in [9.17, 15) is 4.79 Å². The van der Waals surface area contributed by atoms with Gasteiger partial charge in [-0.25, -0.2) is 0 Å². The lowest BCUT2D eigenvalue weighted by atomic mass is 9.76. The van der Waals surface area contributed by atoms with Crippen molar-refractivity contribution in [1.29, 1.82) is 0 Å². The number of aromatic nitrogens is 1. The van der Waals surface area contributed by atoms with Gasteiger partial charge in [0.2, 0.25) is 0 Å². The van der Waals surface area contributed by atoms with Crippen molar-refractivity contribution in [2.45, 2.75) is 50.5 Å². The van der Waals surface area contributed by atoms with Crippen molar-refractivity contribution in [2.75, 3.05) is 0 Å². The Balaban J connectivity index is 1.70. The Labute approximate surface area is 179 Å². The molecule has 0 radical (unpaired) electrons. The summed E-state index contributed by atoms with van der Waals surface area (Å²) in [6, 6.07) is 17.3. The van der Waals surface area contributed by atoms with Gasteiger partial charge in [-0.1, -0.05) is 42.5 Å². The zero-order valence-electron chi connectivity index (χ0n) is 17.4. The van der Waals surface area contributed by atoms with E-state index < -0.39 is 0 Å². The Hall–Kier alpha value is -3.11. The molecule has 2 bridgehead atoms. The molecule has 152 valence electrons. The highest BCUT2D eigenvalue weighted by Crippen LogP contribution is 2.61. The molecule has 3 aromatic carbocycles. The minimum Gasteiger partial charge on any atom is -0.351 e. The summed E-state index contributed by atoms with van der Waals surface area (Å²) >= 11 is 0. The lowest BCUT2D eigenvalue weighted by Crippen LogP contribution is -2.40. The number of para-hydroxylation sites is 1. The van der Waals surface area contributed by atoms with E-state index in [1.165, 1.54) is 38.5 Å². The molecule has 1 saturated heterocycles. The number of amides is 1. The number of fused-ring (bicyclic) bond motifs is 13. The molecule has 3 atom stereocenters. The van der Waals surface area contributed by atoms with Gasteiger partial charge in [-0.15, -0.1) is 0 Å². The van der Waals surface area contributed by atoms with Crippen molar-refractivity contribution >= 4 is 27.7 Å². The summed E-state index contributed by atoms with van der Waals surface area (Å²) < 4.78 is 9.46. The SMILES string of the molecule is CC12CCCC(O1)n1c3ccccc3c3c4c(c5c(c31)C2c1ccccc1-5)C(=O)NC4. The molecule has 1 fully saturated rings. The first-order valence-electron chi connectivity index (χ1n) is 11.3. The van der Waals surface area contributed by atoms with Crippen LogP contribution in [0, 0.1) is 0 Å². The van der Waals surface area contributed by atoms with Crippen molar-refractivity contribution in [3.05, 3.63) is 70.8 Å². The van der Waals surface area contributed by atoms with Crippen LogP contribution < -0.4 is 5.32 Å². The zero-order valence-corrected chi connectivity index (χ0v) is 17.4. The number of hydrogen-bond acceptors (Lipinski definition) is 2. The number of carbonyl (C=O) groups is 1. The Kier molecular flexibility index (Phi) is 2.78. The largest absolute Gasteiger partial charge is 0.351 e. The van der Waals surface area contributed by atoms with Gasteiger partial charge in [0.1, 0.15) is 6.23 Å². The van der Waals surface area contributed by atoms with Crippen LogP contribution in [-0.4, -0.2) is 16.1 Å². The van der Waals surface area contributed by atoms with Gasteiger partial charge in [0.15, 0.2) is 0 Å². The number of benzene rings is 3. The maximum absolute atomic E-state index is 13.2. The zero-order chi connectivity index (χ0) is 20.5. The Morgan fingerprint density at radius 2 is 1.94 bits per heavy atom. The summed E-state index contributed by atoms with van der Waals surface area (Å²) in [5, 5.41) is 5.63. The molecule has 4 heteroatoms. The number of rotatable bonds is 0. The first-order valence-corrected chi connectivity index (χ1v) is 11.3. The molecule has 0 saturated carbocycles. The van der Waals surface area contributed by atoms with Crippen LogP contribution in [0.15, 0.2) is 48.5 Å². The van der Waals surface area contributed by atoms with Crippen molar-refractivity contribution < 1.29 is 9.53 Å². The van der Waals surface area contributed by atoms with Gasteiger partial charge in [-0.05, 0) is 54.5 Å². The first-order chi connectivity index (χ1) is 15.2. The predicted octanol–water partition coefficient (Wildman–Crippen LogP) is 5.62. The van der Waals surface area contributed by atoms with E-state index in [1.807, 2.05) is 0 Å². The van der Waals surface area contributed by atoms with Crippen molar-refractivity contribution in [3.8, 4) is 11.1 Å². The minimum absolute atomic E-state index is 0.0335. The maximum Gasteiger partial charge on any atom is 0.252 e. The molecule has 4 aromatic rings. The molecule has 1 aromatic heterocycles. The second-order valence-electron chi connectivity index (χ2n) is 9.73. The van der Waals surface area contributed by atoms with E-state index in [4.69, 9.17) is 4.74 Å².